The quantitative estimate of drug-likeness (QED) is 0.558. The smallest absolute Gasteiger partial charge is 0.234 e. The molecule has 11 heteroatoms. The van der Waals surface area contributed by atoms with Gasteiger partial charge >= 0.3 is 0 Å². The minimum atomic E-state index is -1.37. The van der Waals surface area contributed by atoms with Crippen LogP contribution in [0.2, 0.25) is 0 Å². The molecular formula is C20H20F4N4O3. The van der Waals surface area contributed by atoms with Crippen LogP contribution < -0.4 is 10.1 Å². The number of fused-ring (bicyclic) bond motifs is 1. The maximum Gasteiger partial charge on any atom is 0.234 e. The lowest BCUT2D eigenvalue weighted by molar-refractivity contribution is -0.151. The van der Waals surface area contributed by atoms with Crippen LogP contribution in [0.4, 0.5) is 17.6 Å². The number of ether oxygens (including phenoxy) is 2. The van der Waals surface area contributed by atoms with Crippen molar-refractivity contribution in [3.05, 3.63) is 47.5 Å². The Morgan fingerprint density at radius 1 is 1.32 bits per heavy atom. The van der Waals surface area contributed by atoms with E-state index in [1.54, 1.807) is 6.92 Å². The molecule has 7 nitrogen and oxygen atoms in total. The van der Waals surface area contributed by atoms with Gasteiger partial charge in [0.15, 0.2) is 23.4 Å². The van der Waals surface area contributed by atoms with E-state index in [0.717, 1.165) is 4.90 Å². The highest BCUT2D eigenvalue weighted by atomic mass is 19.1. The van der Waals surface area contributed by atoms with Crippen molar-refractivity contribution < 1.29 is 31.8 Å². The summed E-state index contributed by atoms with van der Waals surface area (Å²) in [5, 5.41) is 11.0. The molecule has 3 heterocycles. The third kappa shape index (κ3) is 3.56. The molecule has 1 aliphatic carbocycles. The number of halogens is 4. The number of amides is 1. The summed E-state index contributed by atoms with van der Waals surface area (Å²) in [6, 6.07) is 0.652. The maximum atomic E-state index is 15.0. The number of guanidine groups is 1. The number of allylic oxidation sites excluding steroid dienone is 3. The first-order valence-corrected chi connectivity index (χ1v) is 9.63. The first kappa shape index (κ1) is 21.3. The summed E-state index contributed by atoms with van der Waals surface area (Å²) >= 11 is 0. The zero-order valence-electron chi connectivity index (χ0n) is 16.7. The van der Waals surface area contributed by atoms with Crippen molar-refractivity contribution in [3.63, 3.8) is 0 Å². The molecule has 1 unspecified atom stereocenters. The highest BCUT2D eigenvalue weighted by Gasteiger charge is 2.58. The predicted molar refractivity (Wildman–Crippen MR) is 100 cm³/mol. The number of pyridine rings is 1. The molecule has 0 radical (unpaired) electrons. The fraction of sp³-hybridized carbons (Fsp3) is 0.450. The number of hydrogen-bond acceptors (Lipinski definition) is 5. The van der Waals surface area contributed by atoms with Crippen molar-refractivity contribution in [1.82, 2.24) is 15.2 Å². The summed E-state index contributed by atoms with van der Waals surface area (Å²) in [5.74, 6) is -7.56. The second-order valence-electron chi connectivity index (χ2n) is 7.92. The number of hydrogen-bond donors (Lipinski definition) is 2. The molecule has 1 aromatic heterocycles. The summed E-state index contributed by atoms with van der Waals surface area (Å²) in [6.07, 6.45) is 0.764. The van der Waals surface area contributed by atoms with Crippen molar-refractivity contribution in [3.8, 4) is 5.75 Å². The summed E-state index contributed by atoms with van der Waals surface area (Å²) in [5.41, 5.74) is -1.37. The number of nitrogens with one attached hydrogen (secondary N) is 2. The van der Waals surface area contributed by atoms with Gasteiger partial charge in [-0.2, -0.15) is 4.39 Å². The van der Waals surface area contributed by atoms with Crippen LogP contribution in [0.15, 0.2) is 35.8 Å². The highest BCUT2D eigenvalue weighted by molar-refractivity contribution is 6.00. The fourth-order valence-corrected chi connectivity index (χ4v) is 4.32. The van der Waals surface area contributed by atoms with Crippen molar-refractivity contribution in [2.24, 2.45) is 11.8 Å². The minimum absolute atomic E-state index is 0.111. The molecule has 0 aromatic carbocycles. The van der Waals surface area contributed by atoms with Gasteiger partial charge in [-0.15, -0.1) is 0 Å². The van der Waals surface area contributed by atoms with Crippen LogP contribution in [0.5, 0.6) is 5.75 Å². The molecule has 4 rings (SSSR count). The van der Waals surface area contributed by atoms with Gasteiger partial charge in [-0.05, 0) is 13.3 Å². The van der Waals surface area contributed by atoms with E-state index in [4.69, 9.17) is 14.9 Å². The summed E-state index contributed by atoms with van der Waals surface area (Å²) in [6.45, 7) is 1.67. The van der Waals surface area contributed by atoms with E-state index < -0.39 is 58.7 Å². The Hall–Kier alpha value is -2.95. The molecule has 3 aliphatic rings. The molecular weight excluding hydrogens is 420 g/mol. The Kier molecular flexibility index (Phi) is 5.24. The second-order valence-corrected chi connectivity index (χ2v) is 7.92. The van der Waals surface area contributed by atoms with Crippen molar-refractivity contribution in [1.29, 1.82) is 5.41 Å². The van der Waals surface area contributed by atoms with E-state index in [0.29, 0.717) is 18.3 Å². The topological polar surface area (TPSA) is 87.5 Å². The van der Waals surface area contributed by atoms with Gasteiger partial charge in [0.25, 0.3) is 0 Å². The molecule has 0 spiro atoms. The molecule has 0 bridgehead atoms. The van der Waals surface area contributed by atoms with Gasteiger partial charge in [-0.1, -0.05) is 0 Å². The number of nitrogens with zero attached hydrogens (tertiary/aromatic N) is 2. The number of carbonyl (C=O) groups is 1. The van der Waals surface area contributed by atoms with Crippen LogP contribution in [-0.4, -0.2) is 47.0 Å². The van der Waals surface area contributed by atoms with Crippen molar-refractivity contribution in [2.75, 3.05) is 13.7 Å². The largest absolute Gasteiger partial charge is 0.455 e. The van der Waals surface area contributed by atoms with Gasteiger partial charge in [0, 0.05) is 31.5 Å². The van der Waals surface area contributed by atoms with Gasteiger partial charge in [0.2, 0.25) is 11.9 Å². The minimum Gasteiger partial charge on any atom is -0.455 e. The van der Waals surface area contributed by atoms with Crippen molar-refractivity contribution in [2.45, 2.75) is 31.4 Å². The second kappa shape index (κ2) is 7.63. The molecule has 166 valence electrons. The fourth-order valence-electron chi connectivity index (χ4n) is 4.32. The number of aromatic nitrogens is 1. The molecule has 2 aliphatic heterocycles. The van der Waals surface area contributed by atoms with E-state index in [9.17, 15) is 18.0 Å². The Balaban J connectivity index is 1.70. The Bertz CT molecular complexity index is 1010. The average Bonchev–Trinajstić information content (AvgIpc) is 2.72. The molecule has 2 fully saturated rings. The SMILES string of the molecule is C[C@H]1C[C@H]2C(=O)N(C)C(=N)N[C@@]2(C2CC(Oc3cc(F)ncc3F)=C(F)C=C2F)CO1. The normalized spacial score (nSPS) is 31.2. The van der Waals surface area contributed by atoms with Crippen LogP contribution in [0.25, 0.3) is 0 Å². The van der Waals surface area contributed by atoms with Gasteiger partial charge in [0.05, 0.1) is 30.4 Å². The summed E-state index contributed by atoms with van der Waals surface area (Å²) < 4.78 is 67.8. The van der Waals surface area contributed by atoms with Crippen molar-refractivity contribution >= 4 is 11.9 Å². The molecule has 1 amide bonds. The number of carbonyl (C=O) groups excluding carboxylic acids is 1. The highest BCUT2D eigenvalue weighted by Crippen LogP contribution is 2.47. The van der Waals surface area contributed by atoms with Gasteiger partial charge < -0.3 is 14.8 Å². The summed E-state index contributed by atoms with van der Waals surface area (Å²) in [4.78, 5) is 17.2. The summed E-state index contributed by atoms with van der Waals surface area (Å²) in [7, 11) is 1.43. The standard InChI is InChI=1S/C20H20F4N4O3/c1-9-3-11-18(29)28(2)19(25)27-20(11,8-30-9)10-4-15(13(22)5-12(10)21)31-16-6-17(24)26-7-14(16)23/h5-7,9-11H,3-4,8H2,1-2H3,(H2,25,27)/t9-,10?,11-,20+/m0/s1. The molecule has 31 heavy (non-hydrogen) atoms. The van der Waals surface area contributed by atoms with Crippen LogP contribution >= 0.6 is 0 Å². The number of rotatable bonds is 3. The van der Waals surface area contributed by atoms with Crippen LogP contribution in [-0.2, 0) is 9.53 Å². The first-order chi connectivity index (χ1) is 14.6. The molecule has 1 aromatic rings. The van der Waals surface area contributed by atoms with E-state index in [1.807, 2.05) is 0 Å². The molecule has 2 N–H and O–H groups in total. The van der Waals surface area contributed by atoms with E-state index in [-0.39, 0.29) is 31.0 Å². The Labute approximate surface area is 175 Å². The van der Waals surface area contributed by atoms with Crippen LogP contribution in [0.3, 0.4) is 0 Å². The van der Waals surface area contributed by atoms with Crippen LogP contribution in [0.1, 0.15) is 19.8 Å². The average molecular weight is 440 g/mol. The lowest BCUT2D eigenvalue weighted by atomic mass is 9.66. The lowest BCUT2D eigenvalue weighted by Gasteiger charge is -2.54. The third-order valence-electron chi connectivity index (χ3n) is 6.01. The molecule has 2 saturated heterocycles. The first-order valence-electron chi connectivity index (χ1n) is 9.63. The molecule has 4 atom stereocenters. The molecule has 0 saturated carbocycles. The Morgan fingerprint density at radius 3 is 2.81 bits per heavy atom. The monoisotopic (exact) mass is 440 g/mol. The van der Waals surface area contributed by atoms with E-state index in [2.05, 4.69) is 10.3 Å². The zero-order chi connectivity index (χ0) is 22.5. The Morgan fingerprint density at radius 2 is 2.06 bits per heavy atom. The lowest BCUT2D eigenvalue weighted by Crippen LogP contribution is -2.73. The van der Waals surface area contributed by atoms with E-state index >= 15 is 4.39 Å². The van der Waals surface area contributed by atoms with Crippen LogP contribution in [0, 0.1) is 29.0 Å². The van der Waals surface area contributed by atoms with Gasteiger partial charge in [-0.25, -0.2) is 18.2 Å². The third-order valence-corrected chi connectivity index (χ3v) is 6.01. The van der Waals surface area contributed by atoms with Gasteiger partial charge in [-0.3, -0.25) is 15.1 Å². The predicted octanol–water partition coefficient (Wildman–Crippen LogP) is 2.95. The van der Waals surface area contributed by atoms with E-state index in [1.165, 1.54) is 7.05 Å². The van der Waals surface area contributed by atoms with Gasteiger partial charge in [0.1, 0.15) is 11.6 Å². The zero-order valence-corrected chi connectivity index (χ0v) is 16.7. The maximum absolute atomic E-state index is 15.0.